The number of likely N-dealkylation sites (N-methyl/N-ethyl adjacent to an activating group) is 1. The number of para-hydroxylation sites is 2. The maximum Gasteiger partial charge on any atom is 0.300 e. The van der Waals surface area contributed by atoms with E-state index in [-0.39, 0.29) is 5.91 Å². The summed E-state index contributed by atoms with van der Waals surface area (Å²) in [5, 5.41) is 3.12. The van der Waals surface area contributed by atoms with E-state index in [9.17, 15) is 4.79 Å². The molecule has 0 aliphatic heterocycles. The van der Waals surface area contributed by atoms with Gasteiger partial charge in [0.1, 0.15) is 5.52 Å². The van der Waals surface area contributed by atoms with E-state index in [0.29, 0.717) is 12.4 Å². The molecule has 0 spiro atoms. The van der Waals surface area contributed by atoms with Gasteiger partial charge in [0.05, 0.1) is 6.42 Å². The van der Waals surface area contributed by atoms with E-state index >= 15 is 0 Å². The average molecular weight is 295 g/mol. The van der Waals surface area contributed by atoms with Gasteiger partial charge < -0.3 is 14.6 Å². The van der Waals surface area contributed by atoms with Gasteiger partial charge in [0.15, 0.2) is 5.58 Å². The first-order valence-corrected chi connectivity index (χ1v) is 7.03. The quantitative estimate of drug-likeness (QED) is 0.803. The van der Waals surface area contributed by atoms with Crippen LogP contribution in [0.1, 0.15) is 5.56 Å². The summed E-state index contributed by atoms with van der Waals surface area (Å²) in [5.41, 5.74) is 3.41. The van der Waals surface area contributed by atoms with Crippen molar-refractivity contribution in [2.24, 2.45) is 0 Å². The van der Waals surface area contributed by atoms with E-state index in [0.717, 1.165) is 22.4 Å². The summed E-state index contributed by atoms with van der Waals surface area (Å²) in [6.45, 7) is 0. The van der Waals surface area contributed by atoms with E-state index in [2.05, 4.69) is 10.3 Å². The third kappa shape index (κ3) is 3.09. The molecule has 5 heteroatoms. The lowest BCUT2D eigenvalue weighted by molar-refractivity contribution is -0.127. The molecule has 1 aromatic heterocycles. The molecule has 22 heavy (non-hydrogen) atoms. The molecule has 2 aromatic carbocycles. The van der Waals surface area contributed by atoms with Crippen molar-refractivity contribution in [3.8, 4) is 0 Å². The Morgan fingerprint density at radius 1 is 1.14 bits per heavy atom. The third-order valence-electron chi connectivity index (χ3n) is 3.35. The van der Waals surface area contributed by atoms with Crippen LogP contribution in [0.25, 0.3) is 11.1 Å². The average Bonchev–Trinajstić information content (AvgIpc) is 2.91. The Bertz CT molecular complexity index is 758. The number of amides is 1. The molecule has 0 saturated heterocycles. The summed E-state index contributed by atoms with van der Waals surface area (Å²) in [4.78, 5) is 17.6. The molecule has 0 bridgehead atoms. The van der Waals surface area contributed by atoms with E-state index in [1.165, 1.54) is 0 Å². The van der Waals surface area contributed by atoms with Crippen LogP contribution in [0.2, 0.25) is 0 Å². The van der Waals surface area contributed by atoms with Gasteiger partial charge in [0.2, 0.25) is 5.91 Å². The molecule has 5 nitrogen and oxygen atoms in total. The molecular weight excluding hydrogens is 278 g/mol. The van der Waals surface area contributed by atoms with Crippen LogP contribution in [0.4, 0.5) is 11.7 Å². The van der Waals surface area contributed by atoms with Crippen molar-refractivity contribution < 1.29 is 9.21 Å². The topological polar surface area (TPSA) is 58.4 Å². The van der Waals surface area contributed by atoms with E-state index in [1.54, 1.807) is 19.0 Å². The zero-order valence-corrected chi connectivity index (χ0v) is 12.5. The number of oxazole rings is 1. The Morgan fingerprint density at radius 3 is 2.55 bits per heavy atom. The molecule has 3 rings (SSSR count). The minimum atomic E-state index is 0.0830. The maximum absolute atomic E-state index is 11.7. The predicted octanol–water partition coefficient (Wildman–Crippen LogP) is 3.20. The Labute approximate surface area is 128 Å². The van der Waals surface area contributed by atoms with Crippen molar-refractivity contribution in [3.63, 3.8) is 0 Å². The zero-order valence-electron chi connectivity index (χ0n) is 12.5. The normalized spacial score (nSPS) is 10.6. The van der Waals surface area contributed by atoms with Gasteiger partial charge in [-0.3, -0.25) is 4.79 Å². The molecule has 0 saturated carbocycles. The second-order valence-electron chi connectivity index (χ2n) is 5.27. The van der Waals surface area contributed by atoms with Gasteiger partial charge in [-0.05, 0) is 29.8 Å². The van der Waals surface area contributed by atoms with E-state index < -0.39 is 0 Å². The largest absolute Gasteiger partial charge is 0.423 e. The molecule has 0 unspecified atom stereocenters. The van der Waals surface area contributed by atoms with Gasteiger partial charge in [-0.1, -0.05) is 24.3 Å². The van der Waals surface area contributed by atoms with Crippen molar-refractivity contribution >= 4 is 28.7 Å². The number of benzene rings is 2. The van der Waals surface area contributed by atoms with Crippen LogP contribution in [0.15, 0.2) is 52.9 Å². The second kappa shape index (κ2) is 5.89. The number of nitrogens with one attached hydrogen (secondary N) is 1. The van der Waals surface area contributed by atoms with Crippen molar-refractivity contribution in [1.29, 1.82) is 0 Å². The predicted molar refractivity (Wildman–Crippen MR) is 86.1 cm³/mol. The van der Waals surface area contributed by atoms with Crippen molar-refractivity contribution in [2.75, 3.05) is 19.4 Å². The van der Waals surface area contributed by atoms with Crippen LogP contribution in [0, 0.1) is 0 Å². The standard InChI is InChI=1S/C17H17N3O2/c1-20(2)16(21)11-12-7-9-13(10-8-12)18-17-19-14-5-3-4-6-15(14)22-17/h3-10H,11H2,1-2H3,(H,18,19). The highest BCUT2D eigenvalue weighted by molar-refractivity contribution is 5.78. The fourth-order valence-corrected chi connectivity index (χ4v) is 2.09. The Hall–Kier alpha value is -2.82. The number of aromatic nitrogens is 1. The fraction of sp³-hybridized carbons (Fsp3) is 0.176. The van der Waals surface area contributed by atoms with Gasteiger partial charge in [-0.2, -0.15) is 4.98 Å². The maximum atomic E-state index is 11.7. The van der Waals surface area contributed by atoms with Crippen LogP contribution in [-0.4, -0.2) is 29.9 Å². The van der Waals surface area contributed by atoms with Crippen LogP contribution < -0.4 is 5.32 Å². The number of anilines is 2. The first-order chi connectivity index (χ1) is 10.6. The molecule has 0 aliphatic rings. The third-order valence-corrected chi connectivity index (χ3v) is 3.35. The minimum Gasteiger partial charge on any atom is -0.423 e. The van der Waals surface area contributed by atoms with Gasteiger partial charge in [0.25, 0.3) is 6.01 Å². The van der Waals surface area contributed by atoms with Crippen molar-refractivity contribution in [2.45, 2.75) is 6.42 Å². The van der Waals surface area contributed by atoms with Gasteiger partial charge in [-0.15, -0.1) is 0 Å². The molecule has 0 aliphatic carbocycles. The molecule has 1 N–H and O–H groups in total. The number of hydrogen-bond donors (Lipinski definition) is 1. The van der Waals surface area contributed by atoms with Gasteiger partial charge >= 0.3 is 0 Å². The zero-order chi connectivity index (χ0) is 15.5. The highest BCUT2D eigenvalue weighted by Crippen LogP contribution is 2.22. The smallest absolute Gasteiger partial charge is 0.300 e. The fourth-order valence-electron chi connectivity index (χ4n) is 2.09. The van der Waals surface area contributed by atoms with Crippen molar-refractivity contribution in [1.82, 2.24) is 9.88 Å². The van der Waals surface area contributed by atoms with Crippen LogP contribution in [0.5, 0.6) is 0 Å². The highest BCUT2D eigenvalue weighted by Gasteiger charge is 2.07. The molecular formula is C17H17N3O2. The SMILES string of the molecule is CN(C)C(=O)Cc1ccc(Nc2nc3ccccc3o2)cc1. The van der Waals surface area contributed by atoms with Gasteiger partial charge in [-0.25, -0.2) is 0 Å². The lowest BCUT2D eigenvalue weighted by Crippen LogP contribution is -2.23. The molecule has 0 radical (unpaired) electrons. The Balaban J connectivity index is 1.71. The number of rotatable bonds is 4. The van der Waals surface area contributed by atoms with Crippen LogP contribution in [-0.2, 0) is 11.2 Å². The summed E-state index contributed by atoms with van der Waals surface area (Å²) in [5.74, 6) is 0.0830. The number of carbonyl (C=O) groups excluding carboxylic acids is 1. The summed E-state index contributed by atoms with van der Waals surface area (Å²) in [7, 11) is 3.51. The Kier molecular flexibility index (Phi) is 3.78. The monoisotopic (exact) mass is 295 g/mol. The summed E-state index contributed by atoms with van der Waals surface area (Å²) in [6, 6.07) is 15.7. The lowest BCUT2D eigenvalue weighted by atomic mass is 10.1. The molecule has 1 amide bonds. The van der Waals surface area contributed by atoms with Crippen LogP contribution in [0.3, 0.4) is 0 Å². The summed E-state index contributed by atoms with van der Waals surface area (Å²) in [6.07, 6.45) is 0.399. The number of nitrogens with zero attached hydrogens (tertiary/aromatic N) is 2. The van der Waals surface area contributed by atoms with Crippen molar-refractivity contribution in [3.05, 3.63) is 54.1 Å². The first kappa shape index (κ1) is 14.1. The second-order valence-corrected chi connectivity index (χ2v) is 5.27. The number of fused-ring (bicyclic) bond motifs is 1. The molecule has 0 atom stereocenters. The highest BCUT2D eigenvalue weighted by atomic mass is 16.4. The van der Waals surface area contributed by atoms with E-state index in [4.69, 9.17) is 4.42 Å². The Morgan fingerprint density at radius 2 is 1.86 bits per heavy atom. The number of hydrogen-bond acceptors (Lipinski definition) is 4. The molecule has 0 fully saturated rings. The lowest BCUT2D eigenvalue weighted by Gasteiger charge is -2.10. The first-order valence-electron chi connectivity index (χ1n) is 7.03. The molecule has 1 heterocycles. The van der Waals surface area contributed by atoms with Crippen LogP contribution >= 0.6 is 0 Å². The molecule has 3 aromatic rings. The van der Waals surface area contributed by atoms with Gasteiger partial charge in [0, 0.05) is 19.8 Å². The summed E-state index contributed by atoms with van der Waals surface area (Å²) < 4.78 is 5.62. The number of carbonyl (C=O) groups is 1. The molecule has 112 valence electrons. The minimum absolute atomic E-state index is 0.0830. The van der Waals surface area contributed by atoms with E-state index in [1.807, 2.05) is 48.5 Å². The summed E-state index contributed by atoms with van der Waals surface area (Å²) >= 11 is 0.